The highest BCUT2D eigenvalue weighted by atomic mass is 16.5. The maximum Gasteiger partial charge on any atom is 0.225 e. The zero-order chi connectivity index (χ0) is 18.9. The van der Waals surface area contributed by atoms with Gasteiger partial charge in [-0.2, -0.15) is 0 Å². The number of nitrogens with one attached hydrogen (secondary N) is 2. The lowest BCUT2D eigenvalue weighted by molar-refractivity contribution is -0.134. The largest absolute Gasteiger partial charge is 0.381 e. The Morgan fingerprint density at radius 1 is 1.19 bits per heavy atom. The first-order valence-corrected chi connectivity index (χ1v) is 10.7. The summed E-state index contributed by atoms with van der Waals surface area (Å²) in [5, 5.41) is 6.83. The van der Waals surface area contributed by atoms with E-state index in [-0.39, 0.29) is 5.92 Å². The van der Waals surface area contributed by atoms with Crippen molar-refractivity contribution in [2.45, 2.75) is 63.5 Å². The van der Waals surface area contributed by atoms with Crippen LogP contribution in [0.4, 0.5) is 0 Å². The van der Waals surface area contributed by atoms with Gasteiger partial charge in [0, 0.05) is 58.5 Å². The Morgan fingerprint density at radius 2 is 1.96 bits per heavy atom. The van der Waals surface area contributed by atoms with Crippen molar-refractivity contribution in [3.8, 4) is 0 Å². The molecule has 3 aliphatic rings. The SMILES string of the molecule is CN=C(NCCCOC1CCOCC1)NC1CCN(C(=O)C2CCCC2)C1. The van der Waals surface area contributed by atoms with E-state index < -0.39 is 0 Å². The molecular weight excluding hydrogens is 344 g/mol. The smallest absolute Gasteiger partial charge is 0.225 e. The molecule has 1 aliphatic carbocycles. The molecule has 7 nitrogen and oxygen atoms in total. The van der Waals surface area contributed by atoms with E-state index in [1.54, 1.807) is 7.05 Å². The van der Waals surface area contributed by atoms with Gasteiger partial charge >= 0.3 is 0 Å². The molecule has 0 radical (unpaired) electrons. The van der Waals surface area contributed by atoms with Crippen LogP contribution in [0.3, 0.4) is 0 Å². The second kappa shape index (κ2) is 10.9. The van der Waals surface area contributed by atoms with Crippen molar-refractivity contribution in [2.24, 2.45) is 10.9 Å². The standard InChI is InChI=1S/C20H36N4O3/c1-21-20(22-10-4-12-27-18-8-13-26-14-9-18)23-17-7-11-24(15-17)19(25)16-5-2-3-6-16/h16-18H,2-15H2,1H3,(H2,21,22,23). The minimum atomic E-state index is 0.275. The minimum Gasteiger partial charge on any atom is -0.381 e. The lowest BCUT2D eigenvalue weighted by atomic mass is 10.1. The summed E-state index contributed by atoms with van der Waals surface area (Å²) in [5.74, 6) is 1.46. The maximum atomic E-state index is 12.6. The molecule has 0 spiro atoms. The third kappa shape index (κ3) is 6.35. The van der Waals surface area contributed by atoms with Crippen LogP contribution in [-0.4, -0.2) is 75.4 Å². The molecule has 0 aromatic rings. The number of guanidine groups is 1. The van der Waals surface area contributed by atoms with Gasteiger partial charge < -0.3 is 25.0 Å². The Hall–Kier alpha value is -1.34. The van der Waals surface area contributed by atoms with Crippen molar-refractivity contribution in [3.05, 3.63) is 0 Å². The van der Waals surface area contributed by atoms with Crippen molar-refractivity contribution in [2.75, 3.05) is 46.5 Å². The van der Waals surface area contributed by atoms with Gasteiger partial charge in [0.15, 0.2) is 5.96 Å². The van der Waals surface area contributed by atoms with Crippen LogP contribution in [0, 0.1) is 5.92 Å². The number of carbonyl (C=O) groups excluding carboxylic acids is 1. The fourth-order valence-electron chi connectivity index (χ4n) is 4.27. The minimum absolute atomic E-state index is 0.275. The van der Waals surface area contributed by atoms with Gasteiger partial charge in [-0.05, 0) is 38.5 Å². The quantitative estimate of drug-likeness (QED) is 0.398. The highest BCUT2D eigenvalue weighted by Crippen LogP contribution is 2.27. The molecule has 7 heteroatoms. The summed E-state index contributed by atoms with van der Waals surface area (Å²) in [6, 6.07) is 0.292. The Bertz CT molecular complexity index is 488. The maximum absolute atomic E-state index is 12.6. The fourth-order valence-corrected chi connectivity index (χ4v) is 4.27. The van der Waals surface area contributed by atoms with Crippen molar-refractivity contribution in [1.82, 2.24) is 15.5 Å². The zero-order valence-electron chi connectivity index (χ0n) is 16.8. The van der Waals surface area contributed by atoms with Crippen LogP contribution in [-0.2, 0) is 14.3 Å². The van der Waals surface area contributed by atoms with Crippen LogP contribution < -0.4 is 10.6 Å². The number of ether oxygens (including phenoxy) is 2. The molecule has 0 bridgehead atoms. The third-order valence-electron chi connectivity index (χ3n) is 5.90. The molecule has 1 unspecified atom stereocenters. The van der Waals surface area contributed by atoms with Crippen molar-refractivity contribution in [3.63, 3.8) is 0 Å². The van der Waals surface area contributed by atoms with Crippen LogP contribution in [0.1, 0.15) is 51.4 Å². The number of carbonyl (C=O) groups is 1. The highest BCUT2D eigenvalue weighted by Gasteiger charge is 2.32. The van der Waals surface area contributed by atoms with E-state index in [2.05, 4.69) is 15.6 Å². The topological polar surface area (TPSA) is 75.2 Å². The monoisotopic (exact) mass is 380 g/mol. The normalized spacial score (nSPS) is 25.1. The molecule has 154 valence electrons. The first-order chi connectivity index (χ1) is 13.3. The molecule has 2 aliphatic heterocycles. The van der Waals surface area contributed by atoms with E-state index in [1.165, 1.54) is 12.8 Å². The first-order valence-electron chi connectivity index (χ1n) is 10.7. The van der Waals surface area contributed by atoms with Gasteiger partial charge in [-0.1, -0.05) is 12.8 Å². The second-order valence-corrected chi connectivity index (χ2v) is 7.93. The van der Waals surface area contributed by atoms with Gasteiger partial charge in [-0.3, -0.25) is 9.79 Å². The molecule has 1 saturated carbocycles. The summed E-state index contributed by atoms with van der Waals surface area (Å²) in [5.41, 5.74) is 0. The van der Waals surface area contributed by atoms with Gasteiger partial charge in [-0.15, -0.1) is 0 Å². The average Bonchev–Trinajstić information content (AvgIpc) is 3.39. The third-order valence-corrected chi connectivity index (χ3v) is 5.90. The number of amides is 1. The summed E-state index contributed by atoms with van der Waals surface area (Å²) in [6.45, 7) is 4.90. The fraction of sp³-hybridized carbons (Fsp3) is 0.900. The van der Waals surface area contributed by atoms with Gasteiger partial charge in [0.1, 0.15) is 0 Å². The molecule has 1 atom stereocenters. The van der Waals surface area contributed by atoms with Crippen LogP contribution in [0.2, 0.25) is 0 Å². The lowest BCUT2D eigenvalue weighted by Gasteiger charge is -2.23. The van der Waals surface area contributed by atoms with E-state index in [0.717, 1.165) is 83.9 Å². The van der Waals surface area contributed by atoms with E-state index in [9.17, 15) is 4.79 Å². The molecular formula is C20H36N4O3. The summed E-state index contributed by atoms with van der Waals surface area (Å²) in [4.78, 5) is 18.9. The summed E-state index contributed by atoms with van der Waals surface area (Å²) >= 11 is 0. The Balaban J connectivity index is 1.29. The summed E-state index contributed by atoms with van der Waals surface area (Å²) in [6.07, 6.45) is 8.89. The average molecular weight is 381 g/mol. The Labute approximate surface area is 163 Å². The molecule has 2 saturated heterocycles. The number of nitrogens with zero attached hydrogens (tertiary/aromatic N) is 2. The molecule has 2 heterocycles. The highest BCUT2D eigenvalue weighted by molar-refractivity contribution is 5.81. The van der Waals surface area contributed by atoms with E-state index in [0.29, 0.717) is 18.1 Å². The van der Waals surface area contributed by atoms with Crippen LogP contribution >= 0.6 is 0 Å². The number of hydrogen-bond donors (Lipinski definition) is 2. The van der Waals surface area contributed by atoms with Gasteiger partial charge in [0.2, 0.25) is 5.91 Å². The van der Waals surface area contributed by atoms with Crippen LogP contribution in [0.25, 0.3) is 0 Å². The van der Waals surface area contributed by atoms with E-state index >= 15 is 0 Å². The zero-order valence-corrected chi connectivity index (χ0v) is 16.8. The van der Waals surface area contributed by atoms with Crippen molar-refractivity contribution < 1.29 is 14.3 Å². The Morgan fingerprint density at radius 3 is 2.70 bits per heavy atom. The number of hydrogen-bond acceptors (Lipinski definition) is 4. The molecule has 0 aromatic carbocycles. The van der Waals surface area contributed by atoms with Crippen LogP contribution in [0.15, 0.2) is 4.99 Å². The van der Waals surface area contributed by atoms with Crippen molar-refractivity contribution in [1.29, 1.82) is 0 Å². The summed E-state index contributed by atoms with van der Waals surface area (Å²) in [7, 11) is 1.80. The predicted molar refractivity (Wildman–Crippen MR) is 106 cm³/mol. The van der Waals surface area contributed by atoms with Gasteiger partial charge in [0.25, 0.3) is 0 Å². The molecule has 3 fully saturated rings. The number of likely N-dealkylation sites (tertiary alicyclic amines) is 1. The first kappa shape index (κ1) is 20.4. The van der Waals surface area contributed by atoms with E-state index in [1.807, 2.05) is 4.90 Å². The van der Waals surface area contributed by atoms with Crippen LogP contribution in [0.5, 0.6) is 0 Å². The molecule has 0 aromatic heterocycles. The second-order valence-electron chi connectivity index (χ2n) is 7.93. The van der Waals surface area contributed by atoms with Gasteiger partial charge in [0.05, 0.1) is 6.10 Å². The predicted octanol–water partition coefficient (Wildman–Crippen LogP) is 1.53. The molecule has 1 amide bonds. The molecule has 27 heavy (non-hydrogen) atoms. The summed E-state index contributed by atoms with van der Waals surface area (Å²) < 4.78 is 11.2. The number of rotatable bonds is 7. The Kier molecular flexibility index (Phi) is 8.20. The molecule has 3 rings (SSSR count). The number of aliphatic imine (C=N–C) groups is 1. The van der Waals surface area contributed by atoms with Crippen molar-refractivity contribution >= 4 is 11.9 Å². The van der Waals surface area contributed by atoms with E-state index in [4.69, 9.17) is 9.47 Å². The lowest BCUT2D eigenvalue weighted by Crippen LogP contribution is -2.45. The molecule has 2 N–H and O–H groups in total. The van der Waals surface area contributed by atoms with Gasteiger partial charge in [-0.25, -0.2) is 0 Å².